The van der Waals surface area contributed by atoms with E-state index in [0.717, 1.165) is 18.2 Å². The number of benzene rings is 2. The molecule has 20 heavy (non-hydrogen) atoms. The number of nitrogens with two attached hydrogens (primary N) is 2. The third-order valence-electron chi connectivity index (χ3n) is 2.73. The highest BCUT2D eigenvalue weighted by molar-refractivity contribution is 7.89. The van der Waals surface area contributed by atoms with Gasteiger partial charge in [-0.05, 0) is 35.9 Å². The molecule has 0 unspecified atom stereocenters. The van der Waals surface area contributed by atoms with Gasteiger partial charge in [0.05, 0.1) is 4.90 Å². The minimum absolute atomic E-state index is 0.128. The van der Waals surface area contributed by atoms with Gasteiger partial charge in [-0.3, -0.25) is 4.79 Å². The van der Waals surface area contributed by atoms with E-state index in [0.29, 0.717) is 5.56 Å². The van der Waals surface area contributed by atoms with Crippen molar-refractivity contribution >= 4 is 15.9 Å². The minimum atomic E-state index is -3.98. The highest BCUT2D eigenvalue weighted by Crippen LogP contribution is 2.27. The first-order valence-corrected chi connectivity index (χ1v) is 7.06. The number of amides is 1. The lowest BCUT2D eigenvalue weighted by molar-refractivity contribution is 0.100. The molecule has 104 valence electrons. The molecule has 4 N–H and O–H groups in total. The first-order chi connectivity index (χ1) is 9.29. The minimum Gasteiger partial charge on any atom is -0.366 e. The summed E-state index contributed by atoms with van der Waals surface area (Å²) in [5.41, 5.74) is 5.92. The molecular weight excluding hydrogens is 283 g/mol. The Kier molecular flexibility index (Phi) is 3.56. The molecular formula is C13H11FN2O3S. The van der Waals surface area contributed by atoms with Crippen LogP contribution in [0.2, 0.25) is 0 Å². The predicted octanol–water partition coefficient (Wildman–Crippen LogP) is 1.24. The van der Waals surface area contributed by atoms with Gasteiger partial charge in [-0.15, -0.1) is 0 Å². The largest absolute Gasteiger partial charge is 0.366 e. The SMILES string of the molecule is NC(=O)c1ccc(-c2cc(F)ccc2S(N)(=O)=O)cc1. The molecule has 0 radical (unpaired) electrons. The topological polar surface area (TPSA) is 103 Å². The standard InChI is InChI=1S/C13H11FN2O3S/c14-10-5-6-12(20(16,18)19)11(7-10)8-1-3-9(4-2-8)13(15)17/h1-7H,(H2,15,17)(H2,16,18,19). The summed E-state index contributed by atoms with van der Waals surface area (Å²) in [5.74, 6) is -1.20. The molecule has 0 aliphatic heterocycles. The molecule has 0 fully saturated rings. The van der Waals surface area contributed by atoms with Crippen molar-refractivity contribution in [3.05, 3.63) is 53.8 Å². The lowest BCUT2D eigenvalue weighted by Crippen LogP contribution is -2.13. The molecule has 2 aromatic carbocycles. The van der Waals surface area contributed by atoms with Crippen LogP contribution in [0.15, 0.2) is 47.4 Å². The average Bonchev–Trinajstić information content (AvgIpc) is 2.37. The molecule has 0 bridgehead atoms. The van der Waals surface area contributed by atoms with E-state index in [-0.39, 0.29) is 16.0 Å². The van der Waals surface area contributed by atoms with Gasteiger partial charge in [-0.1, -0.05) is 12.1 Å². The van der Waals surface area contributed by atoms with Crippen LogP contribution < -0.4 is 10.9 Å². The molecule has 0 aliphatic carbocycles. The summed E-state index contributed by atoms with van der Waals surface area (Å²) in [6.45, 7) is 0. The van der Waals surface area contributed by atoms with E-state index in [1.54, 1.807) is 0 Å². The summed E-state index contributed by atoms with van der Waals surface area (Å²) in [5, 5.41) is 5.10. The Hall–Kier alpha value is -2.25. The van der Waals surface area contributed by atoms with Gasteiger partial charge in [-0.2, -0.15) is 0 Å². The monoisotopic (exact) mass is 294 g/mol. The summed E-state index contributed by atoms with van der Waals surface area (Å²) in [4.78, 5) is 10.8. The van der Waals surface area contributed by atoms with Gasteiger partial charge in [0.2, 0.25) is 15.9 Å². The molecule has 0 heterocycles. The summed E-state index contributed by atoms with van der Waals surface area (Å²) in [6, 6.07) is 8.99. The van der Waals surface area contributed by atoms with Crippen molar-refractivity contribution in [2.45, 2.75) is 4.90 Å². The second-order valence-electron chi connectivity index (χ2n) is 4.13. The van der Waals surface area contributed by atoms with E-state index >= 15 is 0 Å². The van der Waals surface area contributed by atoms with Crippen molar-refractivity contribution in [3.63, 3.8) is 0 Å². The summed E-state index contributed by atoms with van der Waals surface area (Å²) >= 11 is 0. The highest BCUT2D eigenvalue weighted by Gasteiger charge is 2.16. The number of carbonyl (C=O) groups excluding carboxylic acids is 1. The number of hydrogen-bond donors (Lipinski definition) is 2. The first kappa shape index (κ1) is 14.2. The van der Waals surface area contributed by atoms with Gasteiger partial charge in [0.25, 0.3) is 0 Å². The fourth-order valence-electron chi connectivity index (χ4n) is 1.79. The van der Waals surface area contributed by atoms with E-state index in [9.17, 15) is 17.6 Å². The van der Waals surface area contributed by atoms with Crippen molar-refractivity contribution < 1.29 is 17.6 Å². The molecule has 7 heteroatoms. The molecule has 0 aromatic heterocycles. The van der Waals surface area contributed by atoms with Gasteiger partial charge in [-0.25, -0.2) is 17.9 Å². The maximum atomic E-state index is 13.3. The normalized spacial score (nSPS) is 11.3. The fourth-order valence-corrected chi connectivity index (χ4v) is 2.53. The molecule has 0 saturated heterocycles. The second-order valence-corrected chi connectivity index (χ2v) is 5.66. The maximum Gasteiger partial charge on any atom is 0.248 e. The van der Waals surface area contributed by atoms with Crippen molar-refractivity contribution in [2.75, 3.05) is 0 Å². The molecule has 5 nitrogen and oxygen atoms in total. The van der Waals surface area contributed by atoms with Crippen LogP contribution in [-0.4, -0.2) is 14.3 Å². The maximum absolute atomic E-state index is 13.3. The van der Waals surface area contributed by atoms with Crippen LogP contribution in [0.5, 0.6) is 0 Å². The zero-order valence-corrected chi connectivity index (χ0v) is 11.0. The van der Waals surface area contributed by atoms with Gasteiger partial charge in [0.1, 0.15) is 5.82 Å². The van der Waals surface area contributed by atoms with Gasteiger partial charge >= 0.3 is 0 Å². The van der Waals surface area contributed by atoms with E-state index in [2.05, 4.69) is 0 Å². The lowest BCUT2D eigenvalue weighted by Gasteiger charge is -2.08. The van der Waals surface area contributed by atoms with Crippen molar-refractivity contribution in [2.24, 2.45) is 10.9 Å². The number of sulfonamides is 1. The zero-order chi connectivity index (χ0) is 14.9. The average molecular weight is 294 g/mol. The van der Waals surface area contributed by atoms with Crippen molar-refractivity contribution in [1.29, 1.82) is 0 Å². The third kappa shape index (κ3) is 2.84. The molecule has 0 atom stereocenters. The number of primary amides is 1. The van der Waals surface area contributed by atoms with Crippen molar-refractivity contribution in [3.8, 4) is 11.1 Å². The Morgan fingerprint density at radius 1 is 1.05 bits per heavy atom. The van der Waals surface area contributed by atoms with Crippen LogP contribution in [0.25, 0.3) is 11.1 Å². The van der Waals surface area contributed by atoms with Crippen LogP contribution in [0.4, 0.5) is 4.39 Å². The van der Waals surface area contributed by atoms with E-state index in [1.165, 1.54) is 24.3 Å². The number of rotatable bonds is 3. The van der Waals surface area contributed by atoms with E-state index in [1.807, 2.05) is 0 Å². The smallest absolute Gasteiger partial charge is 0.248 e. The Labute approximate surface area is 115 Å². The highest BCUT2D eigenvalue weighted by atomic mass is 32.2. The quantitative estimate of drug-likeness (QED) is 0.890. The third-order valence-corrected chi connectivity index (χ3v) is 3.70. The van der Waals surface area contributed by atoms with Gasteiger partial charge < -0.3 is 5.73 Å². The van der Waals surface area contributed by atoms with Crippen LogP contribution in [0.3, 0.4) is 0 Å². The zero-order valence-electron chi connectivity index (χ0n) is 10.2. The Bertz CT molecular complexity index is 771. The summed E-state index contributed by atoms with van der Waals surface area (Å²) in [6.07, 6.45) is 0. The Morgan fingerprint density at radius 3 is 2.15 bits per heavy atom. The van der Waals surface area contributed by atoms with Gasteiger partial charge in [0.15, 0.2) is 0 Å². The second kappa shape index (κ2) is 5.03. The van der Waals surface area contributed by atoms with E-state index in [4.69, 9.17) is 10.9 Å². The Balaban J connectivity index is 2.62. The molecule has 0 aliphatic rings. The van der Waals surface area contributed by atoms with Gasteiger partial charge in [0, 0.05) is 11.1 Å². The van der Waals surface area contributed by atoms with Crippen LogP contribution in [-0.2, 0) is 10.0 Å². The molecule has 1 amide bonds. The molecule has 0 saturated carbocycles. The number of hydrogen-bond acceptors (Lipinski definition) is 3. The van der Waals surface area contributed by atoms with Crippen LogP contribution >= 0.6 is 0 Å². The Morgan fingerprint density at radius 2 is 1.65 bits per heavy atom. The van der Waals surface area contributed by atoms with Crippen LogP contribution in [0, 0.1) is 5.82 Å². The number of primary sulfonamides is 1. The van der Waals surface area contributed by atoms with Crippen molar-refractivity contribution in [1.82, 2.24) is 0 Å². The molecule has 2 aromatic rings. The summed E-state index contributed by atoms with van der Waals surface area (Å²) in [7, 11) is -3.98. The first-order valence-electron chi connectivity index (χ1n) is 5.51. The number of carbonyl (C=O) groups is 1. The summed E-state index contributed by atoms with van der Waals surface area (Å²) < 4.78 is 36.3. The number of halogens is 1. The molecule has 0 spiro atoms. The van der Waals surface area contributed by atoms with Crippen LogP contribution in [0.1, 0.15) is 10.4 Å². The fraction of sp³-hybridized carbons (Fsp3) is 0. The predicted molar refractivity (Wildman–Crippen MR) is 71.7 cm³/mol. The van der Waals surface area contributed by atoms with E-state index < -0.39 is 21.7 Å². The lowest BCUT2D eigenvalue weighted by atomic mass is 10.0. The molecule has 2 rings (SSSR count).